The van der Waals surface area contributed by atoms with Crippen LogP contribution in [0.2, 0.25) is 0 Å². The van der Waals surface area contributed by atoms with Gasteiger partial charge < -0.3 is 14.6 Å². The van der Waals surface area contributed by atoms with Crippen molar-refractivity contribution in [1.29, 1.82) is 0 Å². The Kier molecular flexibility index (Phi) is 4.67. The quantitative estimate of drug-likeness (QED) is 0.538. The minimum absolute atomic E-state index is 0.233. The molecule has 0 aliphatic rings. The van der Waals surface area contributed by atoms with Crippen LogP contribution in [-0.4, -0.2) is 39.6 Å². The number of fused-ring (bicyclic) bond motifs is 3. The number of benzene rings is 2. The molecule has 0 saturated carbocycles. The molecule has 0 fully saturated rings. The van der Waals surface area contributed by atoms with Crippen LogP contribution >= 0.6 is 0 Å². The van der Waals surface area contributed by atoms with Gasteiger partial charge in [-0.15, -0.1) is 5.10 Å². The van der Waals surface area contributed by atoms with Crippen molar-refractivity contribution in [2.45, 2.75) is 13.0 Å². The van der Waals surface area contributed by atoms with E-state index in [2.05, 4.69) is 10.3 Å². The molecule has 7 heteroatoms. The number of nitrogens with zero attached hydrogens (tertiary/aromatic N) is 3. The van der Waals surface area contributed by atoms with Gasteiger partial charge in [0.25, 0.3) is 0 Å². The number of aliphatic hydroxyl groups excluding tert-OH is 1. The highest BCUT2D eigenvalue weighted by atomic mass is 16.5. The van der Waals surface area contributed by atoms with Gasteiger partial charge in [-0.2, -0.15) is 0 Å². The summed E-state index contributed by atoms with van der Waals surface area (Å²) in [6.07, 6.45) is -0.985. The summed E-state index contributed by atoms with van der Waals surface area (Å²) in [5.41, 5.74) is 1.84. The minimum atomic E-state index is -0.985. The highest BCUT2D eigenvalue weighted by Gasteiger charge is 2.24. The Balaban J connectivity index is 2.01. The predicted octanol–water partition coefficient (Wildman–Crippen LogP) is 3.15. The van der Waals surface area contributed by atoms with E-state index in [0.717, 1.165) is 10.8 Å². The van der Waals surface area contributed by atoms with Crippen LogP contribution < -0.4 is 4.74 Å². The molecular formula is C21H19N3O4. The Labute approximate surface area is 161 Å². The number of pyridine rings is 1. The molecule has 0 spiro atoms. The van der Waals surface area contributed by atoms with Gasteiger partial charge in [0.15, 0.2) is 5.69 Å². The highest BCUT2D eigenvalue weighted by molar-refractivity contribution is 6.02. The molecule has 7 nitrogen and oxygen atoms in total. The molecule has 0 bridgehead atoms. The molecule has 0 radical (unpaired) electrons. The first-order chi connectivity index (χ1) is 13.6. The molecular weight excluding hydrogens is 358 g/mol. The van der Waals surface area contributed by atoms with E-state index >= 15 is 0 Å². The fraction of sp³-hybridized carbons (Fsp3) is 0.190. The molecule has 0 aliphatic carbocycles. The number of carbonyl (C=O) groups excluding carboxylic acids is 1. The third kappa shape index (κ3) is 2.95. The summed E-state index contributed by atoms with van der Waals surface area (Å²) in [5.74, 6) is 0.146. The van der Waals surface area contributed by atoms with E-state index in [1.165, 1.54) is 4.52 Å². The van der Waals surface area contributed by atoms with Crippen molar-refractivity contribution in [2.75, 3.05) is 13.7 Å². The second kappa shape index (κ2) is 7.28. The fourth-order valence-electron chi connectivity index (χ4n) is 3.25. The van der Waals surface area contributed by atoms with Crippen LogP contribution in [0.15, 0.2) is 54.6 Å². The van der Waals surface area contributed by atoms with Crippen molar-refractivity contribution in [3.05, 3.63) is 71.5 Å². The van der Waals surface area contributed by atoms with Gasteiger partial charge in [0.2, 0.25) is 0 Å². The van der Waals surface area contributed by atoms with Crippen LogP contribution in [0.25, 0.3) is 16.3 Å². The standard InChI is InChI=1S/C21H19N3O4/c1-3-28-21(26)17-12-14-11-15(27-2)9-10-16(14)19-18(22-23-24(17)19)20(25)13-7-5-4-6-8-13/h4-12,20,25H,3H2,1-2H3. The van der Waals surface area contributed by atoms with Crippen molar-refractivity contribution in [3.63, 3.8) is 0 Å². The Bertz CT molecular complexity index is 1150. The molecule has 142 valence electrons. The molecule has 2 aromatic heterocycles. The smallest absolute Gasteiger partial charge is 0.357 e. The van der Waals surface area contributed by atoms with Gasteiger partial charge in [0.1, 0.15) is 23.1 Å². The van der Waals surface area contributed by atoms with Crippen LogP contribution in [0.4, 0.5) is 0 Å². The zero-order valence-electron chi connectivity index (χ0n) is 15.5. The fourth-order valence-corrected chi connectivity index (χ4v) is 3.25. The Morgan fingerprint density at radius 3 is 2.68 bits per heavy atom. The summed E-state index contributed by atoms with van der Waals surface area (Å²) in [5, 5.41) is 20.8. The lowest BCUT2D eigenvalue weighted by atomic mass is 10.0. The first-order valence-corrected chi connectivity index (χ1v) is 8.90. The van der Waals surface area contributed by atoms with Crippen molar-refractivity contribution >= 4 is 22.3 Å². The molecule has 1 unspecified atom stereocenters. The highest BCUT2D eigenvalue weighted by Crippen LogP contribution is 2.32. The summed E-state index contributed by atoms with van der Waals surface area (Å²) in [4.78, 5) is 12.5. The summed E-state index contributed by atoms with van der Waals surface area (Å²) in [7, 11) is 1.58. The minimum Gasteiger partial charge on any atom is -0.497 e. The normalized spacial score (nSPS) is 12.2. The lowest BCUT2D eigenvalue weighted by Crippen LogP contribution is -2.11. The van der Waals surface area contributed by atoms with Crippen molar-refractivity contribution in [1.82, 2.24) is 14.8 Å². The molecule has 2 heterocycles. The molecule has 1 N–H and O–H groups in total. The maximum absolute atomic E-state index is 12.5. The number of hydrogen-bond donors (Lipinski definition) is 1. The lowest BCUT2D eigenvalue weighted by Gasteiger charge is -2.12. The second-order valence-electron chi connectivity index (χ2n) is 6.25. The number of hydrogen-bond acceptors (Lipinski definition) is 6. The maximum Gasteiger partial charge on any atom is 0.357 e. The molecule has 2 aromatic carbocycles. The molecule has 0 saturated heterocycles. The van der Waals surface area contributed by atoms with E-state index in [1.54, 1.807) is 20.1 Å². The van der Waals surface area contributed by atoms with Gasteiger partial charge in [0, 0.05) is 5.39 Å². The maximum atomic E-state index is 12.5. The van der Waals surface area contributed by atoms with Crippen LogP contribution in [0.5, 0.6) is 5.75 Å². The van der Waals surface area contributed by atoms with E-state index in [4.69, 9.17) is 9.47 Å². The van der Waals surface area contributed by atoms with Gasteiger partial charge in [-0.05, 0) is 42.1 Å². The number of methoxy groups -OCH3 is 1. The zero-order valence-corrected chi connectivity index (χ0v) is 15.5. The summed E-state index contributed by atoms with van der Waals surface area (Å²) >= 11 is 0. The van der Waals surface area contributed by atoms with Gasteiger partial charge in [-0.1, -0.05) is 35.5 Å². The van der Waals surface area contributed by atoms with E-state index in [0.29, 0.717) is 22.5 Å². The van der Waals surface area contributed by atoms with Crippen LogP contribution in [0, 0.1) is 0 Å². The number of carbonyl (C=O) groups is 1. The van der Waals surface area contributed by atoms with E-state index in [-0.39, 0.29) is 12.3 Å². The summed E-state index contributed by atoms with van der Waals surface area (Å²) < 4.78 is 11.9. The SMILES string of the molecule is CCOC(=O)c1cc2cc(OC)ccc2c2c(C(O)c3ccccc3)nnn12. The van der Waals surface area contributed by atoms with Gasteiger partial charge >= 0.3 is 5.97 Å². The van der Waals surface area contributed by atoms with Crippen molar-refractivity contribution in [2.24, 2.45) is 0 Å². The summed E-state index contributed by atoms with van der Waals surface area (Å²) in [6, 6.07) is 16.4. The van der Waals surface area contributed by atoms with Crippen LogP contribution in [-0.2, 0) is 4.74 Å². The third-order valence-electron chi connectivity index (χ3n) is 4.59. The Hall–Kier alpha value is -3.45. The zero-order chi connectivity index (χ0) is 19.7. The lowest BCUT2D eigenvalue weighted by molar-refractivity contribution is 0.0516. The number of esters is 1. The first kappa shape index (κ1) is 17.9. The number of rotatable bonds is 5. The number of aliphatic hydroxyl groups is 1. The molecule has 0 aliphatic heterocycles. The molecule has 4 rings (SSSR count). The topological polar surface area (TPSA) is 86.0 Å². The van der Waals surface area contributed by atoms with Gasteiger partial charge in [-0.3, -0.25) is 0 Å². The molecule has 28 heavy (non-hydrogen) atoms. The monoisotopic (exact) mass is 377 g/mol. The van der Waals surface area contributed by atoms with E-state index in [9.17, 15) is 9.90 Å². The molecule has 1 atom stereocenters. The molecule has 4 aromatic rings. The van der Waals surface area contributed by atoms with Crippen molar-refractivity contribution < 1.29 is 19.4 Å². The largest absolute Gasteiger partial charge is 0.497 e. The second-order valence-corrected chi connectivity index (χ2v) is 6.25. The number of ether oxygens (including phenoxy) is 2. The predicted molar refractivity (Wildman–Crippen MR) is 104 cm³/mol. The summed E-state index contributed by atoms with van der Waals surface area (Å²) in [6.45, 7) is 1.98. The first-order valence-electron chi connectivity index (χ1n) is 8.90. The average molecular weight is 377 g/mol. The third-order valence-corrected chi connectivity index (χ3v) is 4.59. The van der Waals surface area contributed by atoms with Gasteiger partial charge in [0.05, 0.1) is 13.7 Å². The van der Waals surface area contributed by atoms with E-state index < -0.39 is 12.1 Å². The number of aromatic nitrogens is 3. The molecule has 0 amide bonds. The Morgan fingerprint density at radius 1 is 1.18 bits per heavy atom. The Morgan fingerprint density at radius 2 is 1.96 bits per heavy atom. The van der Waals surface area contributed by atoms with Gasteiger partial charge in [-0.25, -0.2) is 9.31 Å². The average Bonchev–Trinajstić information content (AvgIpc) is 3.18. The van der Waals surface area contributed by atoms with Crippen LogP contribution in [0.3, 0.4) is 0 Å². The van der Waals surface area contributed by atoms with E-state index in [1.807, 2.05) is 48.5 Å². The van der Waals surface area contributed by atoms with Crippen LogP contribution in [0.1, 0.15) is 34.8 Å². The van der Waals surface area contributed by atoms with Crippen molar-refractivity contribution in [3.8, 4) is 5.75 Å².